The topological polar surface area (TPSA) is 75.4 Å². The molecule has 0 aromatic heterocycles. The standard InChI is InChI=1S/C15H25N3O2S/c1-11-10-12(2)15(13(3)14(11)16)21(19,20)17-6-9-18-7-4-5-8-18/h10,17H,4-9,16H2,1-3H3. The van der Waals surface area contributed by atoms with E-state index < -0.39 is 10.0 Å². The lowest BCUT2D eigenvalue weighted by molar-refractivity contribution is 0.344. The van der Waals surface area contributed by atoms with Crippen molar-refractivity contribution >= 4 is 15.7 Å². The molecule has 1 saturated heterocycles. The van der Waals surface area contributed by atoms with Crippen LogP contribution in [0.2, 0.25) is 0 Å². The molecule has 3 N–H and O–H groups in total. The highest BCUT2D eigenvalue weighted by Crippen LogP contribution is 2.27. The molecule has 1 aromatic rings. The minimum absolute atomic E-state index is 0.326. The van der Waals surface area contributed by atoms with Gasteiger partial charge in [-0.05, 0) is 63.4 Å². The average Bonchev–Trinajstić information content (AvgIpc) is 2.88. The number of nitrogen functional groups attached to an aromatic ring is 1. The molecule has 6 heteroatoms. The zero-order valence-electron chi connectivity index (χ0n) is 13.1. The first kappa shape index (κ1) is 16.3. The number of hydrogen-bond acceptors (Lipinski definition) is 4. The van der Waals surface area contributed by atoms with Crippen LogP contribution in [0.4, 0.5) is 5.69 Å². The highest BCUT2D eigenvalue weighted by atomic mass is 32.2. The van der Waals surface area contributed by atoms with Gasteiger partial charge >= 0.3 is 0 Å². The summed E-state index contributed by atoms with van der Waals surface area (Å²) in [6.07, 6.45) is 2.42. The fraction of sp³-hybridized carbons (Fsp3) is 0.600. The van der Waals surface area contributed by atoms with Crippen LogP contribution in [0, 0.1) is 20.8 Å². The van der Waals surface area contributed by atoms with Gasteiger partial charge < -0.3 is 10.6 Å². The summed E-state index contributed by atoms with van der Waals surface area (Å²) in [4.78, 5) is 2.61. The minimum Gasteiger partial charge on any atom is -0.398 e. The highest BCUT2D eigenvalue weighted by Gasteiger charge is 2.22. The molecule has 1 heterocycles. The molecule has 0 aliphatic carbocycles. The van der Waals surface area contributed by atoms with Gasteiger partial charge in [0.1, 0.15) is 0 Å². The Morgan fingerprint density at radius 2 is 1.81 bits per heavy atom. The Labute approximate surface area is 127 Å². The van der Waals surface area contributed by atoms with E-state index in [0.29, 0.717) is 22.7 Å². The van der Waals surface area contributed by atoms with Crippen molar-refractivity contribution in [3.63, 3.8) is 0 Å². The maximum absolute atomic E-state index is 12.5. The van der Waals surface area contributed by atoms with Gasteiger partial charge in [0.25, 0.3) is 0 Å². The molecule has 1 aliphatic heterocycles. The number of aryl methyl sites for hydroxylation is 2. The van der Waals surface area contributed by atoms with E-state index in [4.69, 9.17) is 5.73 Å². The number of rotatable bonds is 5. The Morgan fingerprint density at radius 3 is 2.43 bits per heavy atom. The van der Waals surface area contributed by atoms with Crippen molar-refractivity contribution in [2.24, 2.45) is 0 Å². The second-order valence-corrected chi connectivity index (χ2v) is 7.53. The van der Waals surface area contributed by atoms with Crippen molar-refractivity contribution in [1.82, 2.24) is 9.62 Å². The summed E-state index contributed by atoms with van der Waals surface area (Å²) in [7, 11) is -3.51. The lowest BCUT2D eigenvalue weighted by atomic mass is 10.1. The largest absolute Gasteiger partial charge is 0.398 e. The fourth-order valence-corrected chi connectivity index (χ4v) is 4.51. The van der Waals surface area contributed by atoms with Crippen LogP contribution in [0.3, 0.4) is 0 Å². The van der Waals surface area contributed by atoms with E-state index in [2.05, 4.69) is 9.62 Å². The minimum atomic E-state index is -3.51. The van der Waals surface area contributed by atoms with Gasteiger partial charge in [-0.3, -0.25) is 0 Å². The number of nitrogens with zero attached hydrogens (tertiary/aromatic N) is 1. The van der Waals surface area contributed by atoms with E-state index in [-0.39, 0.29) is 0 Å². The van der Waals surface area contributed by atoms with Crippen LogP contribution < -0.4 is 10.5 Å². The zero-order chi connectivity index (χ0) is 15.6. The third-order valence-corrected chi connectivity index (χ3v) is 5.90. The molecule has 21 heavy (non-hydrogen) atoms. The maximum atomic E-state index is 12.5. The van der Waals surface area contributed by atoms with Crippen molar-refractivity contribution in [3.05, 3.63) is 22.8 Å². The van der Waals surface area contributed by atoms with Crippen molar-refractivity contribution in [1.29, 1.82) is 0 Å². The molecular formula is C15H25N3O2S. The number of benzene rings is 1. The Kier molecular flexibility index (Phi) is 4.91. The van der Waals surface area contributed by atoms with E-state index >= 15 is 0 Å². The number of hydrogen-bond donors (Lipinski definition) is 2. The SMILES string of the molecule is Cc1cc(C)c(S(=O)(=O)NCCN2CCCC2)c(C)c1N. The number of nitrogens with two attached hydrogens (primary N) is 1. The quantitative estimate of drug-likeness (QED) is 0.809. The molecule has 0 bridgehead atoms. The monoisotopic (exact) mass is 311 g/mol. The molecule has 2 rings (SSSR count). The number of likely N-dealkylation sites (tertiary alicyclic amines) is 1. The number of anilines is 1. The predicted molar refractivity (Wildman–Crippen MR) is 85.9 cm³/mol. The fourth-order valence-electron chi connectivity index (χ4n) is 3.01. The number of sulfonamides is 1. The van der Waals surface area contributed by atoms with Crippen molar-refractivity contribution in [3.8, 4) is 0 Å². The molecule has 118 valence electrons. The van der Waals surface area contributed by atoms with Crippen LogP contribution in [0.15, 0.2) is 11.0 Å². The lowest BCUT2D eigenvalue weighted by Gasteiger charge is -2.18. The van der Waals surface area contributed by atoms with E-state index in [0.717, 1.165) is 30.8 Å². The van der Waals surface area contributed by atoms with Gasteiger partial charge in [0.2, 0.25) is 10.0 Å². The smallest absolute Gasteiger partial charge is 0.241 e. The lowest BCUT2D eigenvalue weighted by Crippen LogP contribution is -2.34. The maximum Gasteiger partial charge on any atom is 0.241 e. The van der Waals surface area contributed by atoms with E-state index in [1.54, 1.807) is 6.92 Å². The molecule has 5 nitrogen and oxygen atoms in total. The van der Waals surface area contributed by atoms with Gasteiger partial charge in [0.15, 0.2) is 0 Å². The van der Waals surface area contributed by atoms with E-state index in [9.17, 15) is 8.42 Å². The third-order valence-electron chi connectivity index (χ3n) is 4.15. The van der Waals surface area contributed by atoms with Crippen LogP contribution in [0.5, 0.6) is 0 Å². The Balaban J connectivity index is 2.14. The molecule has 1 fully saturated rings. The molecular weight excluding hydrogens is 286 g/mol. The van der Waals surface area contributed by atoms with Crippen molar-refractivity contribution in [2.45, 2.75) is 38.5 Å². The molecule has 1 aliphatic rings. The van der Waals surface area contributed by atoms with Crippen molar-refractivity contribution < 1.29 is 8.42 Å². The number of nitrogens with one attached hydrogen (secondary N) is 1. The Bertz CT molecular complexity index is 620. The first-order valence-electron chi connectivity index (χ1n) is 7.41. The summed E-state index contributed by atoms with van der Waals surface area (Å²) in [5, 5.41) is 0. The van der Waals surface area contributed by atoms with Crippen LogP contribution >= 0.6 is 0 Å². The normalized spacial score (nSPS) is 16.5. The molecule has 0 atom stereocenters. The van der Waals surface area contributed by atoms with Gasteiger partial charge in [-0.2, -0.15) is 0 Å². The second kappa shape index (κ2) is 6.34. The summed E-state index contributed by atoms with van der Waals surface area (Å²) in [6, 6.07) is 1.83. The van der Waals surface area contributed by atoms with E-state index in [1.165, 1.54) is 12.8 Å². The molecule has 0 unspecified atom stereocenters. The first-order chi connectivity index (χ1) is 9.83. The third kappa shape index (κ3) is 3.56. The van der Waals surface area contributed by atoms with E-state index in [1.807, 2.05) is 19.9 Å². The van der Waals surface area contributed by atoms with Gasteiger partial charge in [-0.1, -0.05) is 6.07 Å². The van der Waals surface area contributed by atoms with Gasteiger partial charge in [0, 0.05) is 18.8 Å². The Hall–Kier alpha value is -1.11. The van der Waals surface area contributed by atoms with Gasteiger partial charge in [-0.15, -0.1) is 0 Å². The summed E-state index contributed by atoms with van der Waals surface area (Å²) in [5.41, 5.74) is 8.83. The van der Waals surface area contributed by atoms with Crippen molar-refractivity contribution in [2.75, 3.05) is 31.9 Å². The summed E-state index contributed by atoms with van der Waals surface area (Å²) < 4.78 is 27.8. The second-order valence-electron chi connectivity index (χ2n) is 5.82. The van der Waals surface area contributed by atoms with Gasteiger partial charge in [0.05, 0.1) is 4.90 Å². The summed E-state index contributed by atoms with van der Waals surface area (Å²) in [6.45, 7) is 8.81. The molecule has 0 amide bonds. The molecule has 0 radical (unpaired) electrons. The van der Waals surface area contributed by atoms with Crippen LogP contribution in [-0.2, 0) is 10.0 Å². The average molecular weight is 311 g/mol. The Morgan fingerprint density at radius 1 is 1.19 bits per heavy atom. The summed E-state index contributed by atoms with van der Waals surface area (Å²) in [5.74, 6) is 0. The van der Waals surface area contributed by atoms with Crippen LogP contribution in [0.1, 0.15) is 29.5 Å². The van der Waals surface area contributed by atoms with Crippen LogP contribution in [-0.4, -0.2) is 39.5 Å². The van der Waals surface area contributed by atoms with Crippen LogP contribution in [0.25, 0.3) is 0 Å². The first-order valence-corrected chi connectivity index (χ1v) is 8.89. The molecule has 0 saturated carbocycles. The molecule has 0 spiro atoms. The zero-order valence-corrected chi connectivity index (χ0v) is 13.9. The molecule has 1 aromatic carbocycles. The van der Waals surface area contributed by atoms with Gasteiger partial charge in [-0.25, -0.2) is 13.1 Å². The summed E-state index contributed by atoms with van der Waals surface area (Å²) >= 11 is 0. The highest BCUT2D eigenvalue weighted by molar-refractivity contribution is 7.89. The predicted octanol–water partition coefficient (Wildman–Crippen LogP) is 1.57.